The molecule has 4 heterocycles. The summed E-state index contributed by atoms with van der Waals surface area (Å²) in [7, 11) is 8.12. The SMILES string of the molecule is Cc1cc(C)cc(-c2cc[n+](C)c(-c3ccccc3C)c2)c1.[2H]C([2H])([2H])c1cc(-c2cc[n+](C)c(-c3ccccc3C)c2)ccc1C.[2H]C([2H])([2H])c1cc(-c2cc[n+](C)c(-c3ccccc3C)c2)ccc1C(C)(C)C([2H])([2H])[2H].[2H]C([2H])([2H])c1cc(C)cc(-c2cc[n+](C)c(-c3ccccc3C)c2)c1. The molecule has 0 atom stereocenters. The standard InChI is InChI=1S/C24H28N.3C21H22N/c1-17-9-7-8-10-21(17)23-16-20(13-14-25(23)6)19-11-12-22(18(2)15-19)24(3,4)5;2*1-15-11-16(2)13-19(12-15)18-9-10-22(4)21(14-18)20-8-6-5-7-17(20)3;1-15-9-10-18(13-17(15)3)19-11-12-22(4)21(14-19)20-8-6-5-7-16(20)2/h7-16H,1-6H3;3*5-14H,1-4H3/q4*+1/i2D3,3D3;1D3;;3D3. The summed E-state index contributed by atoms with van der Waals surface area (Å²) >= 11 is 0. The molecule has 0 aliphatic carbocycles. The summed E-state index contributed by atoms with van der Waals surface area (Å²) in [6.07, 6.45) is 8.14. The van der Waals surface area contributed by atoms with Crippen LogP contribution in [0.15, 0.2) is 243 Å². The van der Waals surface area contributed by atoms with Crippen molar-refractivity contribution in [2.45, 2.75) is 102 Å². The normalized spacial score (nSPS) is 13.5. The first-order chi connectivity index (χ1) is 48.3. The van der Waals surface area contributed by atoms with Crippen LogP contribution in [0.1, 0.15) is 104 Å². The molecule has 0 aliphatic heterocycles. The largest absolute Gasteiger partial charge is 0.213 e. The summed E-state index contributed by atoms with van der Waals surface area (Å²) in [5, 5.41) is 0. The molecule has 0 N–H and O–H groups in total. The van der Waals surface area contributed by atoms with E-state index in [0.29, 0.717) is 16.7 Å². The number of aromatic nitrogens is 4. The van der Waals surface area contributed by atoms with Gasteiger partial charge in [-0.2, -0.15) is 0 Å². The summed E-state index contributed by atoms with van der Waals surface area (Å²) in [5.41, 5.74) is 26.4. The molecule has 0 spiro atoms. The third-order valence-corrected chi connectivity index (χ3v) is 16.8. The van der Waals surface area contributed by atoms with Gasteiger partial charge in [0, 0.05) is 87.2 Å². The van der Waals surface area contributed by atoms with Gasteiger partial charge in [-0.05, 0) is 195 Å². The summed E-state index contributed by atoms with van der Waals surface area (Å²) in [6, 6.07) is 73.0. The number of rotatable bonds is 8. The summed E-state index contributed by atoms with van der Waals surface area (Å²) in [4.78, 5) is 0. The third kappa shape index (κ3) is 16.2. The maximum absolute atomic E-state index is 8.04. The van der Waals surface area contributed by atoms with Gasteiger partial charge in [-0.15, -0.1) is 0 Å². The maximum Gasteiger partial charge on any atom is 0.213 e. The van der Waals surface area contributed by atoms with Gasteiger partial charge in [0.05, 0.1) is 0 Å². The molecule has 0 radical (unpaired) electrons. The van der Waals surface area contributed by atoms with Crippen molar-refractivity contribution in [3.05, 3.63) is 310 Å². The Morgan fingerprint density at radius 1 is 0.264 bits per heavy atom. The van der Waals surface area contributed by atoms with E-state index >= 15 is 0 Å². The second kappa shape index (κ2) is 28.9. The fourth-order valence-electron chi connectivity index (χ4n) is 11.7. The lowest BCUT2D eigenvalue weighted by atomic mass is 9.83. The van der Waals surface area contributed by atoms with Gasteiger partial charge in [0.25, 0.3) is 0 Å². The smallest absolute Gasteiger partial charge is 0.201 e. The Labute approximate surface area is 562 Å². The lowest BCUT2D eigenvalue weighted by Gasteiger charge is -2.22. The van der Waals surface area contributed by atoms with Gasteiger partial charge in [-0.1, -0.05) is 189 Å². The van der Waals surface area contributed by atoms with Crippen LogP contribution in [-0.4, -0.2) is 0 Å². The highest BCUT2D eigenvalue weighted by atomic mass is 14.9. The van der Waals surface area contributed by atoms with Crippen LogP contribution >= 0.6 is 0 Å². The second-order valence-corrected chi connectivity index (χ2v) is 24.8. The van der Waals surface area contributed by atoms with Crippen LogP contribution in [0, 0.1) is 75.9 Å². The summed E-state index contributed by atoms with van der Waals surface area (Å²) in [6.45, 7) is 10.7. The minimum atomic E-state index is -2.42. The molecule has 12 rings (SSSR count). The van der Waals surface area contributed by atoms with Crippen LogP contribution in [0.4, 0.5) is 0 Å². The van der Waals surface area contributed by atoms with Crippen LogP contribution in [0.3, 0.4) is 0 Å². The monoisotopic (exact) mass is 1210 g/mol. The number of hydrogen-bond donors (Lipinski definition) is 0. The van der Waals surface area contributed by atoms with Crippen LogP contribution in [0.5, 0.6) is 0 Å². The molecule has 0 aliphatic rings. The molecule has 0 amide bonds. The van der Waals surface area contributed by atoms with E-state index in [1.165, 1.54) is 61.3 Å². The first kappa shape index (κ1) is 51.1. The van der Waals surface area contributed by atoms with E-state index in [4.69, 9.17) is 16.4 Å². The molecule has 0 saturated heterocycles. The molecule has 4 aromatic heterocycles. The molecular weight excluding hydrogens is 1100 g/mol. The number of benzene rings is 8. The molecule has 0 saturated carbocycles. The van der Waals surface area contributed by atoms with Crippen LogP contribution < -0.4 is 18.3 Å². The average Bonchev–Trinajstić information content (AvgIpc) is 0.761. The molecule has 8 aromatic carbocycles. The summed E-state index contributed by atoms with van der Waals surface area (Å²) in [5.74, 6) is 0. The van der Waals surface area contributed by atoms with E-state index in [2.05, 4.69) is 172 Å². The van der Waals surface area contributed by atoms with E-state index in [0.717, 1.165) is 72.7 Å². The van der Waals surface area contributed by atoms with Crippen molar-refractivity contribution in [1.29, 1.82) is 0 Å². The third-order valence-electron chi connectivity index (χ3n) is 16.8. The van der Waals surface area contributed by atoms with E-state index in [1.54, 1.807) is 44.2 Å². The van der Waals surface area contributed by atoms with Crippen molar-refractivity contribution >= 4 is 0 Å². The molecule has 458 valence electrons. The zero-order valence-corrected chi connectivity index (χ0v) is 55.4. The zero-order valence-electron chi connectivity index (χ0n) is 67.4. The Morgan fingerprint density at radius 2 is 0.571 bits per heavy atom. The van der Waals surface area contributed by atoms with Crippen molar-refractivity contribution in [3.8, 4) is 89.5 Å². The van der Waals surface area contributed by atoms with Gasteiger partial charge in [0.1, 0.15) is 28.2 Å². The molecule has 12 aromatic rings. The topological polar surface area (TPSA) is 15.5 Å². The Morgan fingerprint density at radius 3 is 0.912 bits per heavy atom. The highest BCUT2D eigenvalue weighted by molar-refractivity contribution is 5.75. The Bertz CT molecular complexity index is 5040. The Balaban J connectivity index is 0.000000161. The van der Waals surface area contributed by atoms with E-state index in [1.807, 2.05) is 143 Å². The van der Waals surface area contributed by atoms with Gasteiger partial charge >= 0.3 is 0 Å². The van der Waals surface area contributed by atoms with Crippen molar-refractivity contribution in [3.63, 3.8) is 0 Å². The lowest BCUT2D eigenvalue weighted by Crippen LogP contribution is -2.30. The minimum absolute atomic E-state index is 0.0804. The van der Waals surface area contributed by atoms with E-state index < -0.39 is 32.8 Å². The van der Waals surface area contributed by atoms with Crippen molar-refractivity contribution in [2.75, 3.05) is 0 Å². The molecule has 91 heavy (non-hydrogen) atoms. The van der Waals surface area contributed by atoms with Crippen molar-refractivity contribution in [1.82, 2.24) is 0 Å². The van der Waals surface area contributed by atoms with E-state index in [-0.39, 0.29) is 5.56 Å². The van der Waals surface area contributed by atoms with Crippen LogP contribution in [0.25, 0.3) is 89.5 Å². The first-order valence-corrected chi connectivity index (χ1v) is 31.0. The Kier molecular flexibility index (Phi) is 16.2. The van der Waals surface area contributed by atoms with Crippen LogP contribution in [0.2, 0.25) is 0 Å². The first-order valence-electron chi connectivity index (χ1n) is 37.0. The maximum atomic E-state index is 8.04. The highest BCUT2D eigenvalue weighted by Crippen LogP contribution is 2.33. The minimum Gasteiger partial charge on any atom is -0.201 e. The number of nitrogens with zero attached hydrogens (tertiary/aromatic N) is 4. The molecule has 0 fully saturated rings. The summed E-state index contributed by atoms with van der Waals surface area (Å²) < 4.78 is 103. The Hall–Kier alpha value is -9.64. The predicted molar refractivity (Wildman–Crippen MR) is 385 cm³/mol. The zero-order chi connectivity index (χ0) is 75.3. The van der Waals surface area contributed by atoms with Gasteiger partial charge < -0.3 is 0 Å². The van der Waals surface area contributed by atoms with Gasteiger partial charge in [0.15, 0.2) is 24.8 Å². The number of pyridine rings is 4. The van der Waals surface area contributed by atoms with Crippen molar-refractivity contribution < 1.29 is 34.7 Å². The fraction of sp³-hybridized carbons (Fsp3) is 0.218. The molecule has 0 unspecified atom stereocenters. The predicted octanol–water partition coefficient (Wildman–Crippen LogP) is 20.1. The fourth-order valence-corrected chi connectivity index (χ4v) is 11.7. The average molecular weight is 1210 g/mol. The van der Waals surface area contributed by atoms with Crippen molar-refractivity contribution in [2.24, 2.45) is 28.2 Å². The highest BCUT2D eigenvalue weighted by Gasteiger charge is 2.20. The quantitative estimate of drug-likeness (QED) is 0.135. The lowest BCUT2D eigenvalue weighted by molar-refractivity contribution is -0.660. The van der Waals surface area contributed by atoms with Gasteiger partial charge in [-0.25, -0.2) is 18.3 Å². The van der Waals surface area contributed by atoms with Gasteiger partial charge in [-0.3, -0.25) is 0 Å². The molecule has 4 nitrogen and oxygen atoms in total. The second-order valence-electron chi connectivity index (χ2n) is 24.8. The molecular formula is C87H94N4+4. The number of aryl methyl sites for hydroxylation is 15. The van der Waals surface area contributed by atoms with E-state index in [9.17, 15) is 0 Å². The van der Waals surface area contributed by atoms with Crippen LogP contribution in [-0.2, 0) is 33.6 Å². The number of hydrogen-bond acceptors (Lipinski definition) is 0. The molecule has 0 bridgehead atoms. The van der Waals surface area contributed by atoms with Gasteiger partial charge in [0.2, 0.25) is 22.8 Å². The molecule has 4 heteroatoms.